The smallest absolute Gasteiger partial charge is 0.414 e. The van der Waals surface area contributed by atoms with Gasteiger partial charge in [-0.15, -0.1) is 0 Å². The van der Waals surface area contributed by atoms with Crippen LogP contribution < -0.4 is 4.74 Å². The van der Waals surface area contributed by atoms with Gasteiger partial charge in [0.2, 0.25) is 0 Å². The Hall–Kier alpha value is -3.99. The van der Waals surface area contributed by atoms with Gasteiger partial charge in [-0.3, -0.25) is 19.8 Å². The first-order chi connectivity index (χ1) is 15.7. The molecule has 2 N–H and O–H groups in total. The number of nitro groups is 1. The number of nitrogens with zero attached hydrogens (tertiary/aromatic N) is 3. The van der Waals surface area contributed by atoms with E-state index in [1.54, 1.807) is 17.0 Å². The van der Waals surface area contributed by atoms with Crippen molar-refractivity contribution in [3.8, 4) is 5.75 Å². The molecule has 0 atom stereocenters. The Labute approximate surface area is 189 Å². The molecule has 1 heterocycles. The maximum absolute atomic E-state index is 12.3. The fraction of sp³-hybridized carbons (Fsp3) is 0.318. The highest BCUT2D eigenvalue weighted by atomic mass is 16.6. The summed E-state index contributed by atoms with van der Waals surface area (Å²) in [5.74, 6) is -3.00. The Balaban J connectivity index is 0.000000569. The molecule has 2 aromatic carbocycles. The normalized spacial score (nSPS) is 13.4. The average molecular weight is 459 g/mol. The van der Waals surface area contributed by atoms with Crippen LogP contribution in [-0.4, -0.2) is 75.6 Å². The van der Waals surface area contributed by atoms with Gasteiger partial charge in [-0.2, -0.15) is 0 Å². The minimum absolute atomic E-state index is 0.0210. The fourth-order valence-corrected chi connectivity index (χ4v) is 3.09. The molecule has 11 heteroatoms. The van der Waals surface area contributed by atoms with Crippen LogP contribution in [0, 0.1) is 17.0 Å². The molecule has 1 amide bonds. The third kappa shape index (κ3) is 8.22. The van der Waals surface area contributed by atoms with Crippen molar-refractivity contribution in [1.82, 2.24) is 9.80 Å². The van der Waals surface area contributed by atoms with Gasteiger partial charge >= 0.3 is 11.9 Å². The highest BCUT2D eigenvalue weighted by Crippen LogP contribution is 2.20. The number of aryl methyl sites for hydroxylation is 1. The number of carboxylic acid groups (broad SMARTS) is 2. The molecule has 0 aliphatic carbocycles. The molecule has 2 aromatic rings. The SMILES string of the molecule is Cc1ccc(OCC(=O)N2CCN(Cc3ccccc3[N+](=O)[O-])CC2)cc1.O=C(O)C(=O)O. The highest BCUT2D eigenvalue weighted by molar-refractivity contribution is 6.27. The van der Waals surface area contributed by atoms with Crippen LogP contribution in [0.3, 0.4) is 0 Å². The summed E-state index contributed by atoms with van der Waals surface area (Å²) < 4.78 is 5.56. The third-order valence-electron chi connectivity index (χ3n) is 4.87. The van der Waals surface area contributed by atoms with E-state index < -0.39 is 11.9 Å². The predicted molar refractivity (Wildman–Crippen MR) is 117 cm³/mol. The molecule has 0 bridgehead atoms. The predicted octanol–water partition coefficient (Wildman–Crippen LogP) is 1.78. The summed E-state index contributed by atoms with van der Waals surface area (Å²) in [6, 6.07) is 14.4. The number of carboxylic acids is 2. The number of nitro benzene ring substituents is 1. The topological polar surface area (TPSA) is 151 Å². The Kier molecular flexibility index (Phi) is 9.30. The number of para-hydroxylation sites is 1. The molecule has 1 aliphatic heterocycles. The minimum Gasteiger partial charge on any atom is -0.484 e. The van der Waals surface area contributed by atoms with Crippen molar-refractivity contribution in [2.24, 2.45) is 0 Å². The Morgan fingerprint density at radius 2 is 1.55 bits per heavy atom. The van der Waals surface area contributed by atoms with E-state index in [0.29, 0.717) is 44.0 Å². The van der Waals surface area contributed by atoms with Gasteiger partial charge in [0.25, 0.3) is 11.6 Å². The van der Waals surface area contributed by atoms with Gasteiger partial charge in [0.15, 0.2) is 6.61 Å². The van der Waals surface area contributed by atoms with Crippen molar-refractivity contribution in [3.05, 3.63) is 69.8 Å². The fourth-order valence-electron chi connectivity index (χ4n) is 3.09. The Morgan fingerprint density at radius 1 is 0.970 bits per heavy atom. The van der Waals surface area contributed by atoms with Crippen molar-refractivity contribution in [1.29, 1.82) is 0 Å². The summed E-state index contributed by atoms with van der Waals surface area (Å²) in [5.41, 5.74) is 1.98. The molecule has 1 aliphatic rings. The molecule has 3 rings (SSSR count). The summed E-state index contributed by atoms with van der Waals surface area (Å²) in [6.45, 7) is 5.09. The summed E-state index contributed by atoms with van der Waals surface area (Å²) >= 11 is 0. The number of carbonyl (C=O) groups excluding carboxylic acids is 1. The molecule has 1 saturated heterocycles. The molecular formula is C22H25N3O8. The molecular weight excluding hydrogens is 434 g/mol. The second-order valence-corrected chi connectivity index (χ2v) is 7.25. The van der Waals surface area contributed by atoms with E-state index in [-0.39, 0.29) is 23.1 Å². The van der Waals surface area contributed by atoms with Gasteiger partial charge in [0.1, 0.15) is 5.75 Å². The lowest BCUT2D eigenvalue weighted by atomic mass is 10.1. The second kappa shape index (κ2) is 12.2. The number of aliphatic carboxylic acids is 2. The molecule has 11 nitrogen and oxygen atoms in total. The Bertz CT molecular complexity index is 973. The van der Waals surface area contributed by atoms with E-state index in [1.165, 1.54) is 6.07 Å². The van der Waals surface area contributed by atoms with Crippen LogP contribution in [0.25, 0.3) is 0 Å². The largest absolute Gasteiger partial charge is 0.484 e. The monoisotopic (exact) mass is 459 g/mol. The third-order valence-corrected chi connectivity index (χ3v) is 4.87. The van der Waals surface area contributed by atoms with Gasteiger partial charge < -0.3 is 19.8 Å². The van der Waals surface area contributed by atoms with Crippen LogP contribution in [0.15, 0.2) is 48.5 Å². The van der Waals surface area contributed by atoms with Gasteiger partial charge in [0.05, 0.1) is 4.92 Å². The number of carbonyl (C=O) groups is 3. The zero-order valence-electron chi connectivity index (χ0n) is 18.0. The van der Waals surface area contributed by atoms with Crippen molar-refractivity contribution in [3.63, 3.8) is 0 Å². The summed E-state index contributed by atoms with van der Waals surface area (Å²) in [7, 11) is 0. The van der Waals surface area contributed by atoms with Crippen molar-refractivity contribution >= 4 is 23.5 Å². The molecule has 0 aromatic heterocycles. The van der Waals surface area contributed by atoms with Crippen LogP contribution in [0.1, 0.15) is 11.1 Å². The lowest BCUT2D eigenvalue weighted by Gasteiger charge is -2.34. The van der Waals surface area contributed by atoms with E-state index >= 15 is 0 Å². The first kappa shape index (κ1) is 25.3. The maximum atomic E-state index is 12.3. The molecule has 1 fully saturated rings. The lowest BCUT2D eigenvalue weighted by Crippen LogP contribution is -2.49. The highest BCUT2D eigenvalue weighted by Gasteiger charge is 2.23. The zero-order chi connectivity index (χ0) is 24.4. The van der Waals surface area contributed by atoms with E-state index in [4.69, 9.17) is 24.5 Å². The molecule has 176 valence electrons. The van der Waals surface area contributed by atoms with E-state index in [0.717, 1.165) is 5.56 Å². The number of rotatable bonds is 6. The van der Waals surface area contributed by atoms with Crippen LogP contribution in [-0.2, 0) is 20.9 Å². The molecule has 33 heavy (non-hydrogen) atoms. The summed E-state index contributed by atoms with van der Waals surface area (Å²) in [4.78, 5) is 45.2. The molecule has 0 spiro atoms. The molecule has 0 unspecified atom stereocenters. The number of piperazine rings is 1. The van der Waals surface area contributed by atoms with Gasteiger partial charge in [-0.05, 0) is 19.1 Å². The van der Waals surface area contributed by atoms with Crippen LogP contribution >= 0.6 is 0 Å². The number of amides is 1. The van der Waals surface area contributed by atoms with Gasteiger partial charge in [-0.25, -0.2) is 9.59 Å². The summed E-state index contributed by atoms with van der Waals surface area (Å²) in [6.07, 6.45) is 0. The van der Waals surface area contributed by atoms with Gasteiger partial charge in [0, 0.05) is 44.4 Å². The second-order valence-electron chi connectivity index (χ2n) is 7.25. The van der Waals surface area contributed by atoms with Crippen molar-refractivity contribution < 1.29 is 34.3 Å². The van der Waals surface area contributed by atoms with E-state index in [1.807, 2.05) is 37.3 Å². The zero-order valence-corrected chi connectivity index (χ0v) is 18.0. The quantitative estimate of drug-likeness (QED) is 0.374. The first-order valence-electron chi connectivity index (χ1n) is 10.1. The van der Waals surface area contributed by atoms with Crippen LogP contribution in [0.2, 0.25) is 0 Å². The van der Waals surface area contributed by atoms with Crippen LogP contribution in [0.5, 0.6) is 5.75 Å². The summed E-state index contributed by atoms with van der Waals surface area (Å²) in [5, 5.41) is 25.9. The number of hydrogen-bond acceptors (Lipinski definition) is 7. The maximum Gasteiger partial charge on any atom is 0.414 e. The average Bonchev–Trinajstić information content (AvgIpc) is 2.79. The number of ether oxygens (including phenoxy) is 1. The van der Waals surface area contributed by atoms with Crippen LogP contribution in [0.4, 0.5) is 5.69 Å². The van der Waals surface area contributed by atoms with E-state index in [2.05, 4.69) is 4.90 Å². The minimum atomic E-state index is -1.82. The lowest BCUT2D eigenvalue weighted by molar-refractivity contribution is -0.385. The van der Waals surface area contributed by atoms with Gasteiger partial charge in [-0.1, -0.05) is 35.9 Å². The number of hydrogen-bond donors (Lipinski definition) is 2. The standard InChI is InChI=1S/C20H23N3O4.C2H2O4/c1-16-6-8-18(9-7-16)27-15-20(24)22-12-10-21(11-13-22)14-17-4-2-3-5-19(17)23(25)26;3-1(4)2(5)6/h2-9H,10-15H2,1H3;(H,3,4)(H,5,6). The molecule has 0 saturated carbocycles. The molecule has 0 radical (unpaired) electrons. The first-order valence-corrected chi connectivity index (χ1v) is 10.1. The van der Waals surface area contributed by atoms with Crippen molar-refractivity contribution in [2.75, 3.05) is 32.8 Å². The van der Waals surface area contributed by atoms with Crippen molar-refractivity contribution in [2.45, 2.75) is 13.5 Å². The number of benzene rings is 2. The Morgan fingerprint density at radius 3 is 2.09 bits per heavy atom. The van der Waals surface area contributed by atoms with E-state index in [9.17, 15) is 14.9 Å².